The molecule has 4 nitrogen and oxygen atoms in total. The van der Waals surface area contributed by atoms with E-state index in [9.17, 15) is 0 Å². The van der Waals surface area contributed by atoms with Crippen molar-refractivity contribution in [3.63, 3.8) is 0 Å². The Hall–Kier alpha value is -1.93. The van der Waals surface area contributed by atoms with Crippen LogP contribution >= 0.6 is 11.5 Å². The third-order valence-electron chi connectivity index (χ3n) is 2.56. The number of hydrogen-bond acceptors (Lipinski definition) is 5. The largest absolute Gasteiger partial charge is 0.343 e. The number of aryl methyl sites for hydroxylation is 3. The van der Waals surface area contributed by atoms with Crippen molar-refractivity contribution in [1.29, 1.82) is 5.26 Å². The molecule has 1 N–H and O–H groups in total. The average molecular weight is 244 g/mol. The zero-order chi connectivity index (χ0) is 12.4. The molecule has 0 aromatic carbocycles. The molecule has 17 heavy (non-hydrogen) atoms. The monoisotopic (exact) mass is 244 g/mol. The predicted octanol–water partition coefficient (Wildman–Crippen LogP) is 3.08. The molecule has 0 radical (unpaired) electrons. The molecular weight excluding hydrogens is 232 g/mol. The highest BCUT2D eigenvalue weighted by molar-refractivity contribution is 7.10. The van der Waals surface area contributed by atoms with Crippen LogP contribution in [0, 0.1) is 32.1 Å². The Kier molecular flexibility index (Phi) is 3.07. The van der Waals surface area contributed by atoms with Gasteiger partial charge >= 0.3 is 0 Å². The van der Waals surface area contributed by atoms with Crippen molar-refractivity contribution in [2.24, 2.45) is 0 Å². The number of rotatable bonds is 2. The summed E-state index contributed by atoms with van der Waals surface area (Å²) >= 11 is 1.30. The fourth-order valence-electron chi connectivity index (χ4n) is 1.58. The molecule has 0 bridgehead atoms. The van der Waals surface area contributed by atoms with Crippen molar-refractivity contribution in [2.45, 2.75) is 20.8 Å². The summed E-state index contributed by atoms with van der Waals surface area (Å²) in [5.41, 5.74) is 4.34. The fraction of sp³-hybridized carbons (Fsp3) is 0.250. The molecule has 0 atom stereocenters. The van der Waals surface area contributed by atoms with Crippen LogP contribution in [-0.4, -0.2) is 9.36 Å². The number of hydrogen-bond donors (Lipinski definition) is 1. The van der Waals surface area contributed by atoms with Gasteiger partial charge in [-0.15, -0.1) is 0 Å². The van der Waals surface area contributed by atoms with E-state index in [2.05, 4.69) is 20.7 Å². The van der Waals surface area contributed by atoms with Crippen molar-refractivity contribution < 1.29 is 0 Å². The second-order valence-electron chi connectivity index (χ2n) is 3.80. The molecule has 0 fully saturated rings. The minimum absolute atomic E-state index is 0.609. The summed E-state index contributed by atoms with van der Waals surface area (Å²) in [5, 5.41) is 13.1. The lowest BCUT2D eigenvalue weighted by atomic mass is 10.2. The Morgan fingerprint density at radius 1 is 1.29 bits per heavy atom. The number of nitriles is 1. The van der Waals surface area contributed by atoms with Crippen LogP contribution in [0.25, 0.3) is 0 Å². The van der Waals surface area contributed by atoms with Crippen molar-refractivity contribution in [3.8, 4) is 6.07 Å². The summed E-state index contributed by atoms with van der Waals surface area (Å²) in [5.74, 6) is 0. The second kappa shape index (κ2) is 4.52. The van der Waals surface area contributed by atoms with Crippen LogP contribution in [0.5, 0.6) is 0 Å². The van der Waals surface area contributed by atoms with Crippen LogP contribution in [0.4, 0.5) is 10.7 Å². The first-order valence-electron chi connectivity index (χ1n) is 5.19. The topological polar surface area (TPSA) is 61.6 Å². The molecule has 0 amide bonds. The summed E-state index contributed by atoms with van der Waals surface area (Å²) in [6.45, 7) is 5.79. The fourth-order valence-corrected chi connectivity index (χ4v) is 2.34. The molecule has 0 aliphatic rings. The highest BCUT2D eigenvalue weighted by Gasteiger charge is 2.12. The van der Waals surface area contributed by atoms with E-state index >= 15 is 0 Å². The number of anilines is 2. The molecule has 0 saturated carbocycles. The average Bonchev–Trinajstić information content (AvgIpc) is 2.64. The number of aromatic nitrogens is 2. The van der Waals surface area contributed by atoms with Crippen LogP contribution in [0.1, 0.15) is 22.5 Å². The Labute approximate surface area is 104 Å². The van der Waals surface area contributed by atoms with Gasteiger partial charge in [-0.25, -0.2) is 0 Å². The quantitative estimate of drug-likeness (QED) is 0.881. The normalized spacial score (nSPS) is 10.0. The zero-order valence-electron chi connectivity index (χ0n) is 9.90. The van der Waals surface area contributed by atoms with Gasteiger partial charge in [0.15, 0.2) is 0 Å². The van der Waals surface area contributed by atoms with E-state index in [1.165, 1.54) is 11.5 Å². The van der Waals surface area contributed by atoms with E-state index in [4.69, 9.17) is 5.26 Å². The lowest BCUT2D eigenvalue weighted by molar-refractivity contribution is 1.18. The van der Waals surface area contributed by atoms with Crippen molar-refractivity contribution in [3.05, 3.63) is 34.8 Å². The Morgan fingerprint density at radius 2 is 2.06 bits per heavy atom. The highest BCUT2D eigenvalue weighted by atomic mass is 32.1. The molecule has 0 saturated heterocycles. The van der Waals surface area contributed by atoms with Crippen LogP contribution in [-0.2, 0) is 0 Å². The molecule has 2 rings (SSSR count). The molecule has 0 aliphatic heterocycles. The standard InChI is InChI=1S/C12H12N4S/c1-7-4-5-14-9(3)11(7)15-12-10(6-13)8(2)16-17-12/h4-5,15H,1-3H3. The van der Waals surface area contributed by atoms with E-state index in [1.807, 2.05) is 26.8 Å². The number of nitrogens with one attached hydrogen (secondary N) is 1. The lowest BCUT2D eigenvalue weighted by Crippen LogP contribution is -1.97. The maximum absolute atomic E-state index is 9.07. The first-order chi connectivity index (χ1) is 8.13. The molecule has 2 aromatic rings. The number of nitrogens with zero attached hydrogens (tertiary/aromatic N) is 3. The maximum Gasteiger partial charge on any atom is 0.132 e. The van der Waals surface area contributed by atoms with Gasteiger partial charge in [0.1, 0.15) is 16.6 Å². The molecule has 2 heterocycles. The molecule has 0 spiro atoms. The van der Waals surface area contributed by atoms with Crippen LogP contribution in [0.3, 0.4) is 0 Å². The van der Waals surface area contributed by atoms with E-state index in [-0.39, 0.29) is 0 Å². The highest BCUT2D eigenvalue weighted by Crippen LogP contribution is 2.29. The van der Waals surface area contributed by atoms with Crippen molar-refractivity contribution >= 4 is 22.2 Å². The van der Waals surface area contributed by atoms with Gasteiger partial charge in [-0.3, -0.25) is 4.98 Å². The van der Waals surface area contributed by atoms with E-state index in [0.717, 1.165) is 27.6 Å². The third-order valence-corrected chi connectivity index (χ3v) is 3.42. The van der Waals surface area contributed by atoms with Gasteiger partial charge in [0.25, 0.3) is 0 Å². The smallest absolute Gasteiger partial charge is 0.132 e. The minimum atomic E-state index is 0.609. The van der Waals surface area contributed by atoms with Gasteiger partial charge in [-0.2, -0.15) is 9.64 Å². The molecule has 0 aliphatic carbocycles. The van der Waals surface area contributed by atoms with E-state index in [1.54, 1.807) is 6.20 Å². The van der Waals surface area contributed by atoms with Gasteiger partial charge in [-0.1, -0.05) is 0 Å². The van der Waals surface area contributed by atoms with Gasteiger partial charge < -0.3 is 5.32 Å². The van der Waals surface area contributed by atoms with Crippen LogP contribution in [0.2, 0.25) is 0 Å². The lowest BCUT2D eigenvalue weighted by Gasteiger charge is -2.09. The van der Waals surface area contributed by atoms with E-state index in [0.29, 0.717) is 5.56 Å². The maximum atomic E-state index is 9.07. The molecular formula is C12H12N4S. The third kappa shape index (κ3) is 2.12. The van der Waals surface area contributed by atoms with Gasteiger partial charge in [0.2, 0.25) is 0 Å². The van der Waals surface area contributed by atoms with Gasteiger partial charge in [0, 0.05) is 6.20 Å². The zero-order valence-corrected chi connectivity index (χ0v) is 10.7. The Bertz CT molecular complexity index is 575. The van der Waals surface area contributed by atoms with E-state index < -0.39 is 0 Å². The summed E-state index contributed by atoms with van der Waals surface area (Å²) in [6, 6.07) is 4.11. The number of pyridine rings is 1. The predicted molar refractivity (Wildman–Crippen MR) is 68.6 cm³/mol. The first-order valence-corrected chi connectivity index (χ1v) is 5.96. The van der Waals surface area contributed by atoms with Gasteiger partial charge in [-0.05, 0) is 43.9 Å². The second-order valence-corrected chi connectivity index (χ2v) is 4.57. The summed E-state index contributed by atoms with van der Waals surface area (Å²) in [4.78, 5) is 4.24. The Balaban J connectivity index is 2.42. The first kappa shape index (κ1) is 11.6. The molecule has 2 aromatic heterocycles. The molecule has 5 heteroatoms. The SMILES string of the molecule is Cc1ccnc(C)c1Nc1snc(C)c1C#N. The molecule has 86 valence electrons. The van der Waals surface area contributed by atoms with Gasteiger partial charge in [0.05, 0.1) is 17.1 Å². The van der Waals surface area contributed by atoms with Crippen LogP contribution in [0.15, 0.2) is 12.3 Å². The minimum Gasteiger partial charge on any atom is -0.343 e. The van der Waals surface area contributed by atoms with Crippen molar-refractivity contribution in [2.75, 3.05) is 5.32 Å². The summed E-state index contributed by atoms with van der Waals surface area (Å²) in [6.07, 6.45) is 1.78. The van der Waals surface area contributed by atoms with Crippen LogP contribution < -0.4 is 5.32 Å². The summed E-state index contributed by atoms with van der Waals surface area (Å²) < 4.78 is 4.18. The molecule has 0 unspecified atom stereocenters. The summed E-state index contributed by atoms with van der Waals surface area (Å²) in [7, 11) is 0. The Morgan fingerprint density at radius 3 is 2.71 bits per heavy atom. The van der Waals surface area contributed by atoms with Crippen molar-refractivity contribution in [1.82, 2.24) is 9.36 Å².